The van der Waals surface area contributed by atoms with Crippen molar-refractivity contribution in [3.05, 3.63) is 57.6 Å². The molecule has 0 radical (unpaired) electrons. The molecule has 2 aromatic carbocycles. The highest BCUT2D eigenvalue weighted by Gasteiger charge is 2.03. The van der Waals surface area contributed by atoms with E-state index in [0.717, 1.165) is 22.5 Å². The summed E-state index contributed by atoms with van der Waals surface area (Å²) < 4.78 is 0. The lowest BCUT2D eigenvalue weighted by atomic mass is 10.1. The standard InChI is InChI=1S/C16H16Cl2N2O/c1-10-3-4-15(8-16(10)20-11(2)21)19-9-12-5-13(17)7-14(18)6-12/h3-8,19H,9H2,1-2H3,(H,20,21). The summed E-state index contributed by atoms with van der Waals surface area (Å²) in [7, 11) is 0. The van der Waals surface area contributed by atoms with Crippen LogP contribution < -0.4 is 10.6 Å². The number of aryl methyl sites for hydroxylation is 1. The Morgan fingerprint density at radius 2 is 1.76 bits per heavy atom. The van der Waals surface area contributed by atoms with Crippen molar-refractivity contribution in [1.29, 1.82) is 0 Å². The van der Waals surface area contributed by atoms with E-state index in [-0.39, 0.29) is 5.91 Å². The average Bonchev–Trinajstić information content (AvgIpc) is 2.38. The van der Waals surface area contributed by atoms with Crippen LogP contribution in [0.4, 0.5) is 11.4 Å². The molecule has 3 nitrogen and oxygen atoms in total. The van der Waals surface area contributed by atoms with Crippen LogP contribution in [0, 0.1) is 6.92 Å². The Kier molecular flexibility index (Phi) is 5.10. The zero-order chi connectivity index (χ0) is 15.4. The van der Waals surface area contributed by atoms with E-state index in [1.165, 1.54) is 6.92 Å². The molecule has 0 fully saturated rings. The topological polar surface area (TPSA) is 41.1 Å². The van der Waals surface area contributed by atoms with Gasteiger partial charge in [0.15, 0.2) is 0 Å². The minimum atomic E-state index is -0.0862. The maximum atomic E-state index is 11.2. The van der Waals surface area contributed by atoms with Crippen LogP contribution >= 0.6 is 23.2 Å². The Hall–Kier alpha value is -1.71. The number of carbonyl (C=O) groups excluding carboxylic acids is 1. The molecule has 0 atom stereocenters. The molecule has 0 aromatic heterocycles. The van der Waals surface area contributed by atoms with Gasteiger partial charge in [0.25, 0.3) is 0 Å². The number of anilines is 2. The van der Waals surface area contributed by atoms with Crippen LogP contribution in [-0.4, -0.2) is 5.91 Å². The van der Waals surface area contributed by atoms with Gasteiger partial charge in [-0.05, 0) is 48.4 Å². The van der Waals surface area contributed by atoms with E-state index in [0.29, 0.717) is 16.6 Å². The molecule has 21 heavy (non-hydrogen) atoms. The molecule has 5 heteroatoms. The van der Waals surface area contributed by atoms with Crippen LogP contribution in [0.1, 0.15) is 18.1 Å². The van der Waals surface area contributed by atoms with Gasteiger partial charge < -0.3 is 10.6 Å². The molecule has 110 valence electrons. The second-order valence-electron chi connectivity index (χ2n) is 4.84. The molecule has 0 aliphatic heterocycles. The molecule has 0 unspecified atom stereocenters. The lowest BCUT2D eigenvalue weighted by molar-refractivity contribution is -0.114. The molecular formula is C16H16Cl2N2O. The molecule has 1 amide bonds. The third-order valence-corrected chi connectivity index (χ3v) is 3.40. The number of hydrogen-bond acceptors (Lipinski definition) is 2. The normalized spacial score (nSPS) is 10.3. The number of hydrogen-bond donors (Lipinski definition) is 2. The number of nitrogens with one attached hydrogen (secondary N) is 2. The monoisotopic (exact) mass is 322 g/mol. The van der Waals surface area contributed by atoms with Gasteiger partial charge in [0.2, 0.25) is 5.91 Å². The number of carbonyl (C=O) groups is 1. The Bertz CT molecular complexity index is 651. The fourth-order valence-electron chi connectivity index (χ4n) is 1.97. The fraction of sp³-hybridized carbons (Fsp3) is 0.188. The summed E-state index contributed by atoms with van der Waals surface area (Å²) in [6, 6.07) is 11.3. The molecule has 2 aromatic rings. The summed E-state index contributed by atoms with van der Waals surface area (Å²) in [6.45, 7) is 4.04. The van der Waals surface area contributed by atoms with Crippen molar-refractivity contribution in [2.75, 3.05) is 10.6 Å². The highest BCUT2D eigenvalue weighted by Crippen LogP contribution is 2.23. The Labute approximate surface area is 134 Å². The third-order valence-electron chi connectivity index (χ3n) is 2.97. The van der Waals surface area contributed by atoms with E-state index >= 15 is 0 Å². The molecule has 0 aliphatic rings. The second-order valence-corrected chi connectivity index (χ2v) is 5.72. The van der Waals surface area contributed by atoms with Gasteiger partial charge in [0.1, 0.15) is 0 Å². The van der Waals surface area contributed by atoms with Crippen molar-refractivity contribution in [2.45, 2.75) is 20.4 Å². The van der Waals surface area contributed by atoms with Crippen LogP contribution in [-0.2, 0) is 11.3 Å². The maximum Gasteiger partial charge on any atom is 0.221 e. The fourth-order valence-corrected chi connectivity index (χ4v) is 2.54. The first kappa shape index (κ1) is 15.7. The second kappa shape index (κ2) is 6.83. The molecule has 0 spiro atoms. The van der Waals surface area contributed by atoms with Crippen LogP contribution in [0.3, 0.4) is 0 Å². The van der Waals surface area contributed by atoms with E-state index < -0.39 is 0 Å². The zero-order valence-corrected chi connectivity index (χ0v) is 13.3. The average molecular weight is 323 g/mol. The highest BCUT2D eigenvalue weighted by molar-refractivity contribution is 6.34. The molecule has 0 bridgehead atoms. The Balaban J connectivity index is 2.11. The molecule has 2 rings (SSSR count). The first-order valence-corrected chi connectivity index (χ1v) is 7.27. The largest absolute Gasteiger partial charge is 0.381 e. The summed E-state index contributed by atoms with van der Waals surface area (Å²) in [5.41, 5.74) is 3.73. The van der Waals surface area contributed by atoms with E-state index in [2.05, 4.69) is 10.6 Å². The van der Waals surface area contributed by atoms with Crippen molar-refractivity contribution < 1.29 is 4.79 Å². The van der Waals surface area contributed by atoms with Gasteiger partial charge in [0.05, 0.1) is 0 Å². The molecule has 0 saturated heterocycles. The van der Waals surface area contributed by atoms with E-state index in [1.54, 1.807) is 6.07 Å². The molecular weight excluding hydrogens is 307 g/mol. The van der Waals surface area contributed by atoms with Gasteiger partial charge in [-0.1, -0.05) is 29.3 Å². The first-order chi connectivity index (χ1) is 9.94. The van der Waals surface area contributed by atoms with Gasteiger partial charge in [-0.2, -0.15) is 0 Å². The minimum absolute atomic E-state index is 0.0862. The van der Waals surface area contributed by atoms with Crippen molar-refractivity contribution in [3.8, 4) is 0 Å². The van der Waals surface area contributed by atoms with Crippen LogP contribution in [0.25, 0.3) is 0 Å². The highest BCUT2D eigenvalue weighted by atomic mass is 35.5. The zero-order valence-electron chi connectivity index (χ0n) is 11.8. The van der Waals surface area contributed by atoms with Crippen molar-refractivity contribution in [3.63, 3.8) is 0 Å². The number of benzene rings is 2. The van der Waals surface area contributed by atoms with Crippen molar-refractivity contribution in [1.82, 2.24) is 0 Å². The van der Waals surface area contributed by atoms with Gasteiger partial charge in [-0.25, -0.2) is 0 Å². The molecule has 0 saturated carbocycles. The Morgan fingerprint density at radius 3 is 2.38 bits per heavy atom. The van der Waals surface area contributed by atoms with Gasteiger partial charge >= 0.3 is 0 Å². The van der Waals surface area contributed by atoms with Crippen LogP contribution in [0.15, 0.2) is 36.4 Å². The van der Waals surface area contributed by atoms with Gasteiger partial charge in [0, 0.05) is 34.9 Å². The third kappa shape index (κ3) is 4.66. The molecule has 2 N–H and O–H groups in total. The summed E-state index contributed by atoms with van der Waals surface area (Å²) in [5.74, 6) is -0.0862. The summed E-state index contributed by atoms with van der Waals surface area (Å²) >= 11 is 12.0. The van der Waals surface area contributed by atoms with Crippen molar-refractivity contribution >= 4 is 40.5 Å². The predicted octanol–water partition coefficient (Wildman–Crippen LogP) is 4.87. The number of halogens is 2. The summed E-state index contributed by atoms with van der Waals surface area (Å²) in [5, 5.41) is 7.32. The van der Waals surface area contributed by atoms with Crippen LogP contribution in [0.2, 0.25) is 10.0 Å². The number of rotatable bonds is 4. The smallest absolute Gasteiger partial charge is 0.221 e. The maximum absolute atomic E-state index is 11.2. The van der Waals surface area contributed by atoms with Crippen molar-refractivity contribution in [2.24, 2.45) is 0 Å². The van der Waals surface area contributed by atoms with Gasteiger partial charge in [-0.15, -0.1) is 0 Å². The lowest BCUT2D eigenvalue weighted by Crippen LogP contribution is -2.08. The SMILES string of the molecule is CC(=O)Nc1cc(NCc2cc(Cl)cc(Cl)c2)ccc1C. The molecule has 0 heterocycles. The minimum Gasteiger partial charge on any atom is -0.381 e. The molecule has 0 aliphatic carbocycles. The van der Waals surface area contributed by atoms with E-state index in [9.17, 15) is 4.79 Å². The van der Waals surface area contributed by atoms with E-state index in [4.69, 9.17) is 23.2 Å². The van der Waals surface area contributed by atoms with Gasteiger partial charge in [-0.3, -0.25) is 4.79 Å². The predicted molar refractivity (Wildman–Crippen MR) is 89.3 cm³/mol. The quantitative estimate of drug-likeness (QED) is 0.842. The van der Waals surface area contributed by atoms with Crippen LogP contribution in [0.5, 0.6) is 0 Å². The first-order valence-electron chi connectivity index (χ1n) is 6.51. The number of amides is 1. The Morgan fingerprint density at radius 1 is 1.10 bits per heavy atom. The van der Waals surface area contributed by atoms with E-state index in [1.807, 2.05) is 37.3 Å². The lowest BCUT2D eigenvalue weighted by Gasteiger charge is -2.11. The summed E-state index contributed by atoms with van der Waals surface area (Å²) in [4.78, 5) is 11.2. The summed E-state index contributed by atoms with van der Waals surface area (Å²) in [6.07, 6.45) is 0.